The molecule has 1 aromatic carbocycles. The molecule has 0 spiro atoms. The first kappa shape index (κ1) is 26.9. The maximum absolute atomic E-state index is 11.8. The third kappa shape index (κ3) is 6.07. The fraction of sp³-hybridized carbons (Fsp3) is 0.679. The second kappa shape index (κ2) is 11.1. The van der Waals surface area contributed by atoms with Gasteiger partial charge in [-0.3, -0.25) is 9.69 Å². The fourth-order valence-electron chi connectivity index (χ4n) is 6.57. The molecular formula is C28H40Cl2N2O3. The van der Waals surface area contributed by atoms with Crippen LogP contribution in [0.25, 0.3) is 0 Å². The molecular weight excluding hydrogens is 483 g/mol. The number of hydrogen-bond donors (Lipinski definition) is 1. The molecule has 0 radical (unpaired) electrons. The molecule has 1 N–H and O–H groups in total. The van der Waals surface area contributed by atoms with Gasteiger partial charge in [0.15, 0.2) is 0 Å². The van der Waals surface area contributed by atoms with E-state index in [0.717, 1.165) is 57.7 Å². The Bertz CT molecular complexity index is 946. The normalized spacial score (nSPS) is 33.1. The molecule has 0 aromatic heterocycles. The minimum atomic E-state index is -0.810. The third-order valence-corrected chi connectivity index (χ3v) is 9.47. The highest BCUT2D eigenvalue weighted by Crippen LogP contribution is 2.51. The summed E-state index contributed by atoms with van der Waals surface area (Å²) in [6.07, 6.45) is 4.57. The zero-order valence-electron chi connectivity index (χ0n) is 21.5. The lowest BCUT2D eigenvalue weighted by molar-refractivity contribution is -0.159. The van der Waals surface area contributed by atoms with Crippen LogP contribution in [0.3, 0.4) is 0 Å². The lowest BCUT2D eigenvalue weighted by Crippen LogP contribution is -2.56. The summed E-state index contributed by atoms with van der Waals surface area (Å²) < 4.78 is 5.55. The third-order valence-electron chi connectivity index (χ3n) is 8.73. The number of benzene rings is 1. The first-order chi connectivity index (χ1) is 16.6. The van der Waals surface area contributed by atoms with Crippen LogP contribution in [0.1, 0.15) is 52.5 Å². The summed E-state index contributed by atoms with van der Waals surface area (Å²) in [6, 6.07) is 5.90. The Kier molecular flexibility index (Phi) is 8.54. The molecule has 4 rings (SSSR count). The van der Waals surface area contributed by atoms with Crippen molar-refractivity contribution in [1.29, 1.82) is 0 Å². The Labute approximate surface area is 220 Å². The van der Waals surface area contributed by atoms with E-state index in [9.17, 15) is 9.90 Å². The van der Waals surface area contributed by atoms with E-state index in [1.807, 2.05) is 19.1 Å². The molecule has 35 heavy (non-hydrogen) atoms. The van der Waals surface area contributed by atoms with Crippen LogP contribution in [0.2, 0.25) is 10.0 Å². The maximum Gasteiger partial charge on any atom is 0.303 e. The number of hydrogen-bond acceptors (Lipinski definition) is 5. The Morgan fingerprint density at radius 2 is 1.86 bits per heavy atom. The van der Waals surface area contributed by atoms with Gasteiger partial charge < -0.3 is 14.7 Å². The molecule has 5 nitrogen and oxygen atoms in total. The van der Waals surface area contributed by atoms with Crippen LogP contribution in [0.4, 0.5) is 0 Å². The second-order valence-electron chi connectivity index (χ2n) is 11.2. The maximum atomic E-state index is 11.8. The average molecular weight is 524 g/mol. The molecule has 1 heterocycles. The minimum absolute atomic E-state index is 0.115. The quantitative estimate of drug-likeness (QED) is 0.399. The summed E-state index contributed by atoms with van der Waals surface area (Å²) in [7, 11) is 0. The molecule has 194 valence electrons. The summed E-state index contributed by atoms with van der Waals surface area (Å²) >= 11 is 12.2. The van der Waals surface area contributed by atoms with Gasteiger partial charge in [0.25, 0.3) is 0 Å². The van der Waals surface area contributed by atoms with Crippen molar-refractivity contribution < 1.29 is 14.6 Å². The van der Waals surface area contributed by atoms with E-state index >= 15 is 0 Å². The molecule has 1 aliphatic heterocycles. The van der Waals surface area contributed by atoms with E-state index in [0.29, 0.717) is 28.3 Å². The largest absolute Gasteiger partial charge is 0.458 e. The zero-order valence-corrected chi connectivity index (χ0v) is 23.0. The molecule has 1 saturated heterocycles. The number of ether oxygens (including phenoxy) is 1. The summed E-state index contributed by atoms with van der Waals surface area (Å²) in [5, 5.41) is 13.0. The number of aliphatic hydroxyl groups is 1. The fourth-order valence-corrected chi connectivity index (χ4v) is 6.89. The zero-order chi connectivity index (χ0) is 25.3. The van der Waals surface area contributed by atoms with Gasteiger partial charge in [0, 0.05) is 58.5 Å². The number of fused-ring (bicyclic) bond motifs is 1. The monoisotopic (exact) mass is 522 g/mol. The first-order valence-corrected chi connectivity index (χ1v) is 13.8. The van der Waals surface area contributed by atoms with Crippen LogP contribution < -0.4 is 0 Å². The lowest BCUT2D eigenvalue weighted by atomic mass is 9.57. The smallest absolute Gasteiger partial charge is 0.303 e. The second-order valence-corrected chi connectivity index (χ2v) is 12.0. The molecule has 1 saturated carbocycles. The van der Waals surface area contributed by atoms with Crippen molar-refractivity contribution in [2.24, 2.45) is 23.7 Å². The highest BCUT2D eigenvalue weighted by Gasteiger charge is 2.52. The van der Waals surface area contributed by atoms with E-state index in [-0.39, 0.29) is 23.9 Å². The highest BCUT2D eigenvalue weighted by atomic mass is 35.5. The van der Waals surface area contributed by atoms with Crippen LogP contribution in [0.15, 0.2) is 29.8 Å². The Morgan fingerprint density at radius 1 is 1.17 bits per heavy atom. The summed E-state index contributed by atoms with van der Waals surface area (Å²) in [6.45, 7) is 14.1. The molecule has 0 bridgehead atoms. The SMILES string of the molecule is CC(=O)O[C@@H]1C[C@@]2(O)[C@H](C)CC[C@@H]([C@@H](C)CN3CCN(Cc4ccc(Cl)c(Cl)c4)CC3)[C@H]2C=C1C. The number of carbonyl (C=O) groups is 1. The summed E-state index contributed by atoms with van der Waals surface area (Å²) in [4.78, 5) is 16.7. The van der Waals surface area contributed by atoms with Gasteiger partial charge in [0.2, 0.25) is 0 Å². The number of rotatable bonds is 6. The number of piperazine rings is 1. The van der Waals surface area contributed by atoms with Crippen LogP contribution in [-0.4, -0.2) is 65.3 Å². The number of halogens is 2. The predicted octanol–water partition coefficient (Wildman–Crippen LogP) is 5.42. The average Bonchev–Trinajstić information content (AvgIpc) is 2.79. The van der Waals surface area contributed by atoms with Crippen molar-refractivity contribution in [3.63, 3.8) is 0 Å². The summed E-state index contributed by atoms with van der Waals surface area (Å²) in [5.41, 5.74) is 1.47. The van der Waals surface area contributed by atoms with Gasteiger partial charge in [-0.25, -0.2) is 0 Å². The molecule has 0 unspecified atom stereocenters. The van der Waals surface area contributed by atoms with Gasteiger partial charge in [-0.15, -0.1) is 0 Å². The molecule has 3 aliphatic rings. The van der Waals surface area contributed by atoms with Gasteiger partial charge in [-0.2, -0.15) is 0 Å². The van der Waals surface area contributed by atoms with Gasteiger partial charge in [0.1, 0.15) is 6.10 Å². The Balaban J connectivity index is 1.35. The molecule has 2 aliphatic carbocycles. The van der Waals surface area contributed by atoms with Gasteiger partial charge in [0.05, 0.1) is 15.6 Å². The van der Waals surface area contributed by atoms with E-state index in [2.05, 4.69) is 35.8 Å². The van der Waals surface area contributed by atoms with Crippen molar-refractivity contribution in [2.75, 3.05) is 32.7 Å². The topological polar surface area (TPSA) is 53.0 Å². The van der Waals surface area contributed by atoms with Gasteiger partial charge in [-0.1, -0.05) is 49.2 Å². The number of esters is 1. The van der Waals surface area contributed by atoms with Crippen molar-refractivity contribution in [3.8, 4) is 0 Å². The van der Waals surface area contributed by atoms with Crippen molar-refractivity contribution >= 4 is 29.2 Å². The van der Waals surface area contributed by atoms with Crippen molar-refractivity contribution in [3.05, 3.63) is 45.5 Å². The number of carbonyl (C=O) groups excluding carboxylic acids is 1. The van der Waals surface area contributed by atoms with Crippen molar-refractivity contribution in [2.45, 2.75) is 65.2 Å². The molecule has 6 atom stereocenters. The van der Waals surface area contributed by atoms with E-state index in [1.54, 1.807) is 0 Å². The molecule has 1 aromatic rings. The molecule has 7 heteroatoms. The Hall–Kier alpha value is -1.11. The number of nitrogens with zero attached hydrogens (tertiary/aromatic N) is 2. The van der Waals surface area contributed by atoms with Crippen LogP contribution in [0.5, 0.6) is 0 Å². The van der Waals surface area contributed by atoms with Crippen molar-refractivity contribution in [1.82, 2.24) is 9.80 Å². The van der Waals surface area contributed by atoms with Crippen LogP contribution >= 0.6 is 23.2 Å². The van der Waals surface area contributed by atoms with Crippen LogP contribution in [0, 0.1) is 23.7 Å². The van der Waals surface area contributed by atoms with E-state index < -0.39 is 5.60 Å². The molecule has 2 fully saturated rings. The van der Waals surface area contributed by atoms with Gasteiger partial charge in [-0.05, 0) is 60.8 Å². The summed E-state index contributed by atoms with van der Waals surface area (Å²) in [5.74, 6) is 0.942. The van der Waals surface area contributed by atoms with Crippen LogP contribution in [-0.2, 0) is 16.1 Å². The minimum Gasteiger partial charge on any atom is -0.458 e. The predicted molar refractivity (Wildman–Crippen MR) is 142 cm³/mol. The highest BCUT2D eigenvalue weighted by molar-refractivity contribution is 6.42. The van der Waals surface area contributed by atoms with E-state index in [1.165, 1.54) is 12.5 Å². The van der Waals surface area contributed by atoms with Gasteiger partial charge >= 0.3 is 5.97 Å². The molecule has 0 amide bonds. The first-order valence-electron chi connectivity index (χ1n) is 13.0. The van der Waals surface area contributed by atoms with E-state index in [4.69, 9.17) is 27.9 Å². The standard InChI is InChI=1S/C28H40Cl2N2O3/c1-18-13-24-23(7-5-20(3)28(24,34)15-27(18)35-21(4)33)19(2)16-31-9-11-32(12-10-31)17-22-6-8-25(29)26(30)14-22/h6,8,13-14,19-20,23-24,27,34H,5,7,9-12,15-17H2,1-4H3/t19-,20+,23-,24+,27+,28+/m0/s1. The Morgan fingerprint density at radius 3 is 2.51 bits per heavy atom. The lowest BCUT2D eigenvalue weighted by Gasteiger charge is -2.53.